The highest BCUT2D eigenvalue weighted by Gasteiger charge is 2.29. The molecular weight excluding hydrogens is 268 g/mol. The lowest BCUT2D eigenvalue weighted by Crippen LogP contribution is -2.41. The maximum atomic E-state index is 12.5. The number of aromatic nitrogens is 5. The molecule has 7 heteroatoms. The maximum Gasteiger partial charge on any atom is 0.247 e. The monoisotopic (exact) mass is 288 g/mol. The molecule has 0 saturated carbocycles. The molecule has 7 nitrogen and oxygen atoms in total. The average molecular weight is 288 g/mol. The zero-order valence-electron chi connectivity index (χ0n) is 12.4. The van der Waals surface area contributed by atoms with Gasteiger partial charge in [0.05, 0.1) is 0 Å². The Balaban J connectivity index is 1.59. The number of carbonyl (C=O) groups excluding carboxylic acids is 1. The molecule has 0 unspecified atom stereocenters. The summed E-state index contributed by atoms with van der Waals surface area (Å²) in [4.78, 5) is 18.8. The summed E-state index contributed by atoms with van der Waals surface area (Å²) < 4.78 is 1.70. The summed E-state index contributed by atoms with van der Waals surface area (Å²) in [7, 11) is 0. The van der Waals surface area contributed by atoms with E-state index < -0.39 is 0 Å². The predicted octanol–water partition coefficient (Wildman–Crippen LogP) is 1.28. The zero-order chi connectivity index (χ0) is 14.8. The number of aryl methyl sites for hydroxylation is 1. The van der Waals surface area contributed by atoms with Crippen LogP contribution in [-0.2, 0) is 4.79 Å². The lowest BCUT2D eigenvalue weighted by molar-refractivity contribution is -0.135. The highest BCUT2D eigenvalue weighted by Crippen LogP contribution is 2.26. The molecule has 1 fully saturated rings. The van der Waals surface area contributed by atoms with Crippen molar-refractivity contribution in [1.29, 1.82) is 0 Å². The quantitative estimate of drug-likeness (QED) is 0.922. The number of piperidine rings is 1. The Morgan fingerprint density at radius 3 is 2.76 bits per heavy atom. The van der Waals surface area contributed by atoms with Crippen LogP contribution in [-0.4, -0.2) is 48.9 Å². The molecule has 1 aliphatic heterocycles. The first-order valence-electron chi connectivity index (χ1n) is 7.32. The number of aromatic amines is 1. The van der Waals surface area contributed by atoms with E-state index >= 15 is 0 Å². The van der Waals surface area contributed by atoms with Crippen LogP contribution in [0.2, 0.25) is 0 Å². The first-order chi connectivity index (χ1) is 10.1. The third kappa shape index (κ3) is 2.81. The third-order valence-corrected chi connectivity index (χ3v) is 4.07. The number of rotatable bonds is 3. The second-order valence-corrected chi connectivity index (χ2v) is 5.54. The van der Waals surface area contributed by atoms with E-state index in [1.54, 1.807) is 10.9 Å². The number of nitrogens with zero attached hydrogens (tertiary/aromatic N) is 5. The molecule has 0 spiro atoms. The third-order valence-electron chi connectivity index (χ3n) is 4.07. The van der Waals surface area contributed by atoms with Crippen LogP contribution in [0.1, 0.15) is 43.4 Å². The molecular formula is C14H20N6O. The highest BCUT2D eigenvalue weighted by molar-refractivity contribution is 5.80. The van der Waals surface area contributed by atoms with Crippen molar-refractivity contribution in [1.82, 2.24) is 29.9 Å². The van der Waals surface area contributed by atoms with Crippen LogP contribution in [0.5, 0.6) is 0 Å². The summed E-state index contributed by atoms with van der Waals surface area (Å²) in [6.07, 6.45) is 5.34. The van der Waals surface area contributed by atoms with Gasteiger partial charge in [-0.25, -0.2) is 4.98 Å². The summed E-state index contributed by atoms with van der Waals surface area (Å²) in [5.41, 5.74) is 0. The molecule has 2 aromatic rings. The highest BCUT2D eigenvalue weighted by atomic mass is 16.2. The topological polar surface area (TPSA) is 79.7 Å². The number of amides is 1. The van der Waals surface area contributed by atoms with E-state index in [1.807, 2.05) is 31.0 Å². The molecule has 0 bridgehead atoms. The van der Waals surface area contributed by atoms with E-state index in [1.165, 1.54) is 0 Å². The van der Waals surface area contributed by atoms with E-state index in [0.29, 0.717) is 5.92 Å². The van der Waals surface area contributed by atoms with E-state index in [-0.39, 0.29) is 11.9 Å². The predicted molar refractivity (Wildman–Crippen MR) is 76.6 cm³/mol. The SMILES string of the molecule is Cc1nc(C2CCN(C(=O)[C@H](C)n3cccn3)CC2)n[nH]1. The van der Waals surface area contributed by atoms with Gasteiger partial charge in [0.25, 0.3) is 0 Å². The Morgan fingerprint density at radius 2 is 2.19 bits per heavy atom. The summed E-state index contributed by atoms with van der Waals surface area (Å²) in [5, 5.41) is 11.3. The molecule has 112 valence electrons. The van der Waals surface area contributed by atoms with Gasteiger partial charge in [0.2, 0.25) is 5.91 Å². The Labute approximate surface area is 123 Å². The van der Waals surface area contributed by atoms with E-state index in [2.05, 4.69) is 20.3 Å². The fraction of sp³-hybridized carbons (Fsp3) is 0.571. The smallest absolute Gasteiger partial charge is 0.247 e. The molecule has 1 amide bonds. The van der Waals surface area contributed by atoms with Gasteiger partial charge in [-0.15, -0.1) is 0 Å². The molecule has 2 aromatic heterocycles. The van der Waals surface area contributed by atoms with Gasteiger partial charge < -0.3 is 4.90 Å². The lowest BCUT2D eigenvalue weighted by Gasteiger charge is -2.32. The van der Waals surface area contributed by atoms with Gasteiger partial charge in [-0.2, -0.15) is 10.2 Å². The molecule has 3 heterocycles. The molecule has 1 saturated heterocycles. The van der Waals surface area contributed by atoms with Gasteiger partial charge in [-0.1, -0.05) is 0 Å². The standard InChI is InChI=1S/C14H20N6O/c1-10(20-7-3-6-15-20)14(21)19-8-4-12(5-9-19)13-16-11(2)17-18-13/h3,6-7,10,12H,4-5,8-9H2,1-2H3,(H,16,17,18)/t10-/m0/s1. The molecule has 1 aliphatic rings. The van der Waals surface area contributed by atoms with Gasteiger partial charge in [0.15, 0.2) is 5.82 Å². The fourth-order valence-electron chi connectivity index (χ4n) is 2.79. The van der Waals surface area contributed by atoms with Crippen LogP contribution in [0, 0.1) is 6.92 Å². The van der Waals surface area contributed by atoms with E-state index in [0.717, 1.165) is 37.6 Å². The Hall–Kier alpha value is -2.18. The molecule has 1 atom stereocenters. The van der Waals surface area contributed by atoms with E-state index in [9.17, 15) is 4.79 Å². The maximum absolute atomic E-state index is 12.5. The normalized spacial score (nSPS) is 17.9. The summed E-state index contributed by atoms with van der Waals surface area (Å²) in [6, 6.07) is 1.59. The van der Waals surface area contributed by atoms with Gasteiger partial charge >= 0.3 is 0 Å². The minimum absolute atomic E-state index is 0.128. The fourth-order valence-corrected chi connectivity index (χ4v) is 2.79. The summed E-state index contributed by atoms with van der Waals surface area (Å²) in [5.74, 6) is 2.19. The van der Waals surface area contributed by atoms with Crippen molar-refractivity contribution in [2.45, 2.75) is 38.6 Å². The minimum atomic E-state index is -0.248. The molecule has 0 aromatic carbocycles. The zero-order valence-corrected chi connectivity index (χ0v) is 12.4. The molecule has 21 heavy (non-hydrogen) atoms. The number of carbonyl (C=O) groups is 1. The van der Waals surface area contributed by atoms with Crippen LogP contribution >= 0.6 is 0 Å². The van der Waals surface area contributed by atoms with Crippen molar-refractivity contribution in [2.75, 3.05) is 13.1 Å². The molecule has 1 N–H and O–H groups in total. The molecule has 0 aliphatic carbocycles. The van der Waals surface area contributed by atoms with Crippen molar-refractivity contribution in [3.05, 3.63) is 30.1 Å². The van der Waals surface area contributed by atoms with Gasteiger partial charge in [-0.05, 0) is 32.8 Å². The number of nitrogens with one attached hydrogen (secondary N) is 1. The Morgan fingerprint density at radius 1 is 1.43 bits per heavy atom. The second-order valence-electron chi connectivity index (χ2n) is 5.54. The lowest BCUT2D eigenvalue weighted by atomic mass is 9.96. The van der Waals surface area contributed by atoms with Crippen LogP contribution in [0.25, 0.3) is 0 Å². The number of H-pyrrole nitrogens is 1. The Kier molecular flexibility index (Phi) is 3.72. The van der Waals surface area contributed by atoms with Crippen molar-refractivity contribution >= 4 is 5.91 Å². The first kappa shape index (κ1) is 13.8. The first-order valence-corrected chi connectivity index (χ1v) is 7.32. The number of hydrogen-bond donors (Lipinski definition) is 1. The van der Waals surface area contributed by atoms with Crippen LogP contribution in [0.3, 0.4) is 0 Å². The average Bonchev–Trinajstić information content (AvgIpc) is 3.17. The largest absolute Gasteiger partial charge is 0.341 e. The molecule has 0 radical (unpaired) electrons. The van der Waals surface area contributed by atoms with Crippen LogP contribution < -0.4 is 0 Å². The minimum Gasteiger partial charge on any atom is -0.341 e. The summed E-state index contributed by atoms with van der Waals surface area (Å²) >= 11 is 0. The van der Waals surface area contributed by atoms with Gasteiger partial charge in [0.1, 0.15) is 11.9 Å². The van der Waals surface area contributed by atoms with Crippen LogP contribution in [0.4, 0.5) is 0 Å². The van der Waals surface area contributed by atoms with Crippen molar-refractivity contribution in [3.63, 3.8) is 0 Å². The second kappa shape index (κ2) is 5.67. The van der Waals surface area contributed by atoms with Gasteiger partial charge in [-0.3, -0.25) is 14.6 Å². The van der Waals surface area contributed by atoms with Crippen molar-refractivity contribution in [3.8, 4) is 0 Å². The van der Waals surface area contributed by atoms with Crippen LogP contribution in [0.15, 0.2) is 18.5 Å². The van der Waals surface area contributed by atoms with Crippen molar-refractivity contribution < 1.29 is 4.79 Å². The Bertz CT molecular complexity index is 597. The van der Waals surface area contributed by atoms with Gasteiger partial charge in [0, 0.05) is 31.4 Å². The molecule has 3 rings (SSSR count). The van der Waals surface area contributed by atoms with Crippen molar-refractivity contribution in [2.24, 2.45) is 0 Å². The number of likely N-dealkylation sites (tertiary alicyclic amines) is 1. The summed E-state index contributed by atoms with van der Waals surface area (Å²) in [6.45, 7) is 5.30. The number of hydrogen-bond acceptors (Lipinski definition) is 4. The van der Waals surface area contributed by atoms with E-state index in [4.69, 9.17) is 0 Å².